The molecule has 0 radical (unpaired) electrons. The lowest BCUT2D eigenvalue weighted by Crippen LogP contribution is -2.24. The maximum atomic E-state index is 12.1. The number of aromatic nitrogens is 2. The molecule has 0 aliphatic heterocycles. The Hall–Kier alpha value is -2.60. The molecule has 2 aromatic carbocycles. The van der Waals surface area contributed by atoms with Crippen LogP contribution in [0.25, 0.3) is 11.4 Å². The van der Waals surface area contributed by atoms with E-state index < -0.39 is 0 Å². The molecule has 5 nitrogen and oxygen atoms in total. The van der Waals surface area contributed by atoms with E-state index in [0.29, 0.717) is 24.7 Å². The van der Waals surface area contributed by atoms with E-state index in [-0.39, 0.29) is 5.91 Å². The predicted molar refractivity (Wildman–Crippen MR) is 98.2 cm³/mol. The van der Waals surface area contributed by atoms with Crippen LogP contribution < -0.4 is 5.32 Å². The molecule has 0 spiro atoms. The molecular formula is C19H19N3O2S. The van der Waals surface area contributed by atoms with Crippen LogP contribution in [0.4, 0.5) is 0 Å². The second-order valence-corrected chi connectivity index (χ2v) is 6.52. The van der Waals surface area contributed by atoms with Crippen LogP contribution in [0.15, 0.2) is 57.9 Å². The highest BCUT2D eigenvalue weighted by atomic mass is 32.2. The molecule has 0 aliphatic rings. The topological polar surface area (TPSA) is 68.0 Å². The van der Waals surface area contributed by atoms with Crippen molar-refractivity contribution in [2.75, 3.05) is 6.26 Å². The summed E-state index contributed by atoms with van der Waals surface area (Å²) >= 11 is 1.69. The quantitative estimate of drug-likeness (QED) is 0.686. The third-order valence-electron chi connectivity index (χ3n) is 3.75. The smallest absolute Gasteiger partial charge is 0.224 e. The number of amides is 1. The maximum absolute atomic E-state index is 12.1. The summed E-state index contributed by atoms with van der Waals surface area (Å²) in [6, 6.07) is 15.8. The van der Waals surface area contributed by atoms with E-state index in [1.54, 1.807) is 18.7 Å². The molecule has 3 aromatic rings. The standard InChI is InChI=1S/C19H19N3O2S/c1-13-21-19(22-24-13)16-7-3-15(4-8-16)12-20-18(23)11-14-5-9-17(25-2)10-6-14/h3-10H,11-12H2,1-2H3,(H,20,23). The van der Waals surface area contributed by atoms with Crippen molar-refractivity contribution in [1.82, 2.24) is 15.5 Å². The Morgan fingerprint density at radius 3 is 2.36 bits per heavy atom. The molecule has 128 valence electrons. The van der Waals surface area contributed by atoms with Crippen molar-refractivity contribution in [2.45, 2.75) is 24.8 Å². The summed E-state index contributed by atoms with van der Waals surface area (Å²) in [4.78, 5) is 17.5. The molecule has 0 atom stereocenters. The maximum Gasteiger partial charge on any atom is 0.224 e. The highest BCUT2D eigenvalue weighted by Gasteiger charge is 2.07. The van der Waals surface area contributed by atoms with Crippen LogP contribution >= 0.6 is 11.8 Å². The van der Waals surface area contributed by atoms with Gasteiger partial charge in [-0.3, -0.25) is 4.79 Å². The van der Waals surface area contributed by atoms with Crippen LogP contribution in [0.2, 0.25) is 0 Å². The average molecular weight is 353 g/mol. The zero-order valence-electron chi connectivity index (χ0n) is 14.2. The van der Waals surface area contributed by atoms with E-state index in [2.05, 4.69) is 15.5 Å². The van der Waals surface area contributed by atoms with Gasteiger partial charge in [0, 0.05) is 23.9 Å². The summed E-state index contributed by atoms with van der Waals surface area (Å²) in [7, 11) is 0. The predicted octanol–water partition coefficient (Wildman–Crippen LogP) is 3.63. The van der Waals surface area contributed by atoms with E-state index in [0.717, 1.165) is 16.7 Å². The van der Waals surface area contributed by atoms with Gasteiger partial charge in [-0.05, 0) is 29.5 Å². The number of rotatable bonds is 6. The third kappa shape index (κ3) is 4.70. The number of nitrogens with zero attached hydrogens (tertiary/aromatic N) is 2. The zero-order valence-corrected chi connectivity index (χ0v) is 15.0. The molecule has 1 amide bonds. The molecule has 0 unspecified atom stereocenters. The Morgan fingerprint density at radius 1 is 1.08 bits per heavy atom. The second kappa shape index (κ2) is 7.98. The van der Waals surface area contributed by atoms with Crippen molar-refractivity contribution in [1.29, 1.82) is 0 Å². The second-order valence-electron chi connectivity index (χ2n) is 5.64. The monoisotopic (exact) mass is 353 g/mol. The molecule has 0 saturated carbocycles. The van der Waals surface area contributed by atoms with Gasteiger partial charge in [0.25, 0.3) is 0 Å². The first-order valence-corrected chi connectivity index (χ1v) is 9.16. The summed E-state index contributed by atoms with van der Waals surface area (Å²) in [5.41, 5.74) is 2.92. The number of hydrogen-bond donors (Lipinski definition) is 1. The van der Waals surface area contributed by atoms with Crippen molar-refractivity contribution in [3.05, 3.63) is 65.5 Å². The third-order valence-corrected chi connectivity index (χ3v) is 4.50. The largest absolute Gasteiger partial charge is 0.352 e. The molecule has 0 bridgehead atoms. The number of benzene rings is 2. The molecule has 0 saturated heterocycles. The molecule has 1 aromatic heterocycles. The molecule has 6 heteroatoms. The SMILES string of the molecule is CSc1ccc(CC(=O)NCc2ccc(-c3noc(C)n3)cc2)cc1. The molecule has 3 rings (SSSR count). The minimum absolute atomic E-state index is 0.00905. The Bertz CT molecular complexity index is 842. The number of nitrogens with one attached hydrogen (secondary N) is 1. The summed E-state index contributed by atoms with van der Waals surface area (Å²) in [6.45, 7) is 2.25. The van der Waals surface area contributed by atoms with Gasteiger partial charge in [-0.25, -0.2) is 0 Å². The zero-order chi connectivity index (χ0) is 17.6. The van der Waals surface area contributed by atoms with E-state index in [1.807, 2.05) is 54.8 Å². The Labute approximate surface area is 150 Å². The lowest BCUT2D eigenvalue weighted by molar-refractivity contribution is -0.120. The summed E-state index contributed by atoms with van der Waals surface area (Å²) in [5.74, 6) is 1.12. The van der Waals surface area contributed by atoms with Gasteiger partial charge in [-0.1, -0.05) is 41.6 Å². The van der Waals surface area contributed by atoms with Gasteiger partial charge in [0.2, 0.25) is 17.6 Å². The lowest BCUT2D eigenvalue weighted by atomic mass is 10.1. The van der Waals surface area contributed by atoms with Gasteiger partial charge < -0.3 is 9.84 Å². The molecule has 0 aliphatic carbocycles. The fraction of sp³-hybridized carbons (Fsp3) is 0.211. The molecule has 1 N–H and O–H groups in total. The fourth-order valence-corrected chi connectivity index (χ4v) is 2.79. The summed E-state index contributed by atoms with van der Waals surface area (Å²) < 4.78 is 4.98. The fourth-order valence-electron chi connectivity index (χ4n) is 2.38. The van der Waals surface area contributed by atoms with E-state index >= 15 is 0 Å². The Kier molecular flexibility index (Phi) is 5.50. The van der Waals surface area contributed by atoms with E-state index in [9.17, 15) is 4.79 Å². The number of carbonyl (C=O) groups is 1. The van der Waals surface area contributed by atoms with Crippen molar-refractivity contribution in [3.63, 3.8) is 0 Å². The first kappa shape index (κ1) is 17.2. The van der Waals surface area contributed by atoms with Crippen LogP contribution in [0.1, 0.15) is 17.0 Å². The normalized spacial score (nSPS) is 10.6. The molecule has 0 fully saturated rings. The van der Waals surface area contributed by atoms with Crippen LogP contribution in [0.3, 0.4) is 0 Å². The van der Waals surface area contributed by atoms with Crippen LogP contribution in [-0.2, 0) is 17.8 Å². The molecule has 1 heterocycles. The highest BCUT2D eigenvalue weighted by Crippen LogP contribution is 2.17. The molecular weight excluding hydrogens is 334 g/mol. The van der Waals surface area contributed by atoms with Crippen molar-refractivity contribution < 1.29 is 9.32 Å². The number of carbonyl (C=O) groups excluding carboxylic acids is 1. The summed E-state index contributed by atoms with van der Waals surface area (Å²) in [5, 5.41) is 6.84. The van der Waals surface area contributed by atoms with Crippen LogP contribution in [0, 0.1) is 6.92 Å². The highest BCUT2D eigenvalue weighted by molar-refractivity contribution is 7.98. The van der Waals surface area contributed by atoms with E-state index in [4.69, 9.17) is 4.52 Å². The van der Waals surface area contributed by atoms with Crippen molar-refractivity contribution in [3.8, 4) is 11.4 Å². The lowest BCUT2D eigenvalue weighted by Gasteiger charge is -2.06. The molecule has 25 heavy (non-hydrogen) atoms. The minimum atomic E-state index is 0.00905. The van der Waals surface area contributed by atoms with Gasteiger partial charge in [0.1, 0.15) is 0 Å². The Balaban J connectivity index is 1.53. The van der Waals surface area contributed by atoms with Gasteiger partial charge in [-0.15, -0.1) is 11.8 Å². The minimum Gasteiger partial charge on any atom is -0.352 e. The van der Waals surface area contributed by atoms with Crippen LogP contribution in [-0.4, -0.2) is 22.3 Å². The first-order valence-electron chi connectivity index (χ1n) is 7.93. The number of aryl methyl sites for hydroxylation is 1. The Morgan fingerprint density at radius 2 is 1.76 bits per heavy atom. The average Bonchev–Trinajstić information content (AvgIpc) is 3.07. The van der Waals surface area contributed by atoms with Crippen molar-refractivity contribution in [2.24, 2.45) is 0 Å². The summed E-state index contributed by atoms with van der Waals surface area (Å²) in [6.07, 6.45) is 2.42. The van der Waals surface area contributed by atoms with Crippen LogP contribution in [0.5, 0.6) is 0 Å². The first-order chi connectivity index (χ1) is 12.1. The van der Waals surface area contributed by atoms with Gasteiger partial charge >= 0.3 is 0 Å². The van der Waals surface area contributed by atoms with Gasteiger partial charge in [0.05, 0.1) is 6.42 Å². The van der Waals surface area contributed by atoms with Crippen molar-refractivity contribution >= 4 is 17.7 Å². The number of thioether (sulfide) groups is 1. The van der Waals surface area contributed by atoms with E-state index in [1.165, 1.54) is 4.90 Å². The van der Waals surface area contributed by atoms with Gasteiger partial charge in [0.15, 0.2) is 0 Å². The number of hydrogen-bond acceptors (Lipinski definition) is 5. The van der Waals surface area contributed by atoms with Gasteiger partial charge in [-0.2, -0.15) is 4.98 Å².